The Bertz CT molecular complexity index is 229. The van der Waals surface area contributed by atoms with Crippen LogP contribution in [-0.4, -0.2) is 39.2 Å². The molecule has 0 saturated carbocycles. The molecule has 0 aromatic rings. The molecule has 2 unspecified atom stereocenters. The molecule has 0 bridgehead atoms. The molecular formula is C7H13NO4S. The van der Waals surface area contributed by atoms with Gasteiger partial charge in [-0.2, -0.15) is 0 Å². The Balaban J connectivity index is 3.74. The highest BCUT2D eigenvalue weighted by molar-refractivity contribution is 7.84. The molecule has 0 aliphatic heterocycles. The van der Waals surface area contributed by atoms with Crippen LogP contribution in [0, 0.1) is 0 Å². The second kappa shape index (κ2) is 5.69. The summed E-state index contributed by atoms with van der Waals surface area (Å²) in [6, 6.07) is -0.257. The molecule has 1 amide bonds. The lowest BCUT2D eigenvalue weighted by Crippen LogP contribution is -2.38. The van der Waals surface area contributed by atoms with Crippen LogP contribution in [0.25, 0.3) is 0 Å². The van der Waals surface area contributed by atoms with Crippen molar-refractivity contribution in [1.82, 2.24) is 5.32 Å². The highest BCUT2D eigenvalue weighted by Gasteiger charge is 2.13. The van der Waals surface area contributed by atoms with E-state index in [1.807, 2.05) is 0 Å². The number of rotatable bonds is 4. The third-order valence-electron chi connectivity index (χ3n) is 1.41. The van der Waals surface area contributed by atoms with Crippen LogP contribution < -0.4 is 5.32 Å². The number of nitrogens with one attached hydrogen (secondary N) is 1. The zero-order chi connectivity index (χ0) is 10.4. The minimum Gasteiger partial charge on any atom is -0.474 e. The van der Waals surface area contributed by atoms with E-state index in [0.717, 1.165) is 0 Å². The summed E-state index contributed by atoms with van der Waals surface area (Å²) < 4.78 is 10.6. The monoisotopic (exact) mass is 207 g/mol. The van der Waals surface area contributed by atoms with Crippen LogP contribution >= 0.6 is 0 Å². The van der Waals surface area contributed by atoms with E-state index in [0.29, 0.717) is 12.2 Å². The minimum atomic E-state index is -1.50. The summed E-state index contributed by atoms with van der Waals surface area (Å²) in [4.78, 5) is 20.7. The number of carboxylic acids is 1. The number of carbonyl (C=O) groups excluding carboxylic acids is 1. The molecular weight excluding hydrogens is 194 g/mol. The molecule has 0 saturated heterocycles. The van der Waals surface area contributed by atoms with Crippen molar-refractivity contribution in [3.8, 4) is 0 Å². The first-order valence-corrected chi connectivity index (χ1v) is 5.50. The molecule has 0 heterocycles. The van der Waals surface area contributed by atoms with Crippen LogP contribution in [0.2, 0.25) is 0 Å². The fourth-order valence-corrected chi connectivity index (χ4v) is 1.39. The van der Waals surface area contributed by atoms with Crippen molar-refractivity contribution in [3.63, 3.8) is 0 Å². The third kappa shape index (κ3) is 6.27. The van der Waals surface area contributed by atoms with Crippen molar-refractivity contribution in [2.75, 3.05) is 12.0 Å². The molecule has 76 valence electrons. The maximum absolute atomic E-state index is 10.6. The van der Waals surface area contributed by atoms with Gasteiger partial charge >= 0.3 is 11.9 Å². The molecule has 2 atom stereocenters. The van der Waals surface area contributed by atoms with Gasteiger partial charge in [-0.1, -0.05) is 0 Å². The summed E-state index contributed by atoms with van der Waals surface area (Å²) in [6.45, 7) is 1.67. The van der Waals surface area contributed by atoms with Gasteiger partial charge in [0, 0.05) is 28.9 Å². The Labute approximate surface area is 79.0 Å². The SMILES string of the molecule is CC(CCS(C)=O)NC(=O)C(=O)O. The second-order valence-electron chi connectivity index (χ2n) is 2.75. The van der Waals surface area contributed by atoms with Crippen LogP contribution in [0.15, 0.2) is 0 Å². The van der Waals surface area contributed by atoms with Crippen molar-refractivity contribution < 1.29 is 18.9 Å². The topological polar surface area (TPSA) is 83.5 Å². The predicted molar refractivity (Wildman–Crippen MR) is 48.8 cm³/mol. The van der Waals surface area contributed by atoms with E-state index < -0.39 is 22.7 Å². The van der Waals surface area contributed by atoms with Gasteiger partial charge in [-0.25, -0.2) is 4.79 Å². The van der Waals surface area contributed by atoms with Crippen molar-refractivity contribution >= 4 is 22.7 Å². The molecule has 0 aliphatic carbocycles. The van der Waals surface area contributed by atoms with Gasteiger partial charge in [-0.3, -0.25) is 9.00 Å². The van der Waals surface area contributed by atoms with Gasteiger partial charge in [0.15, 0.2) is 0 Å². The van der Waals surface area contributed by atoms with Crippen LogP contribution in [0.3, 0.4) is 0 Å². The average molecular weight is 207 g/mol. The van der Waals surface area contributed by atoms with E-state index in [9.17, 15) is 13.8 Å². The summed E-state index contributed by atoms with van der Waals surface area (Å²) in [5.41, 5.74) is 0. The van der Waals surface area contributed by atoms with E-state index in [4.69, 9.17) is 5.11 Å². The number of hydrogen-bond donors (Lipinski definition) is 2. The largest absolute Gasteiger partial charge is 0.474 e. The first-order valence-electron chi connectivity index (χ1n) is 3.77. The molecule has 0 rings (SSSR count). The molecule has 0 spiro atoms. The number of carbonyl (C=O) groups is 2. The third-order valence-corrected chi connectivity index (χ3v) is 2.22. The van der Waals surface area contributed by atoms with Crippen LogP contribution in [-0.2, 0) is 20.4 Å². The Morgan fingerprint density at radius 3 is 2.46 bits per heavy atom. The normalized spacial score (nSPS) is 14.6. The molecule has 0 aliphatic rings. The molecule has 0 radical (unpaired) electrons. The van der Waals surface area contributed by atoms with Crippen molar-refractivity contribution in [1.29, 1.82) is 0 Å². The Morgan fingerprint density at radius 1 is 1.54 bits per heavy atom. The van der Waals surface area contributed by atoms with Crippen molar-refractivity contribution in [3.05, 3.63) is 0 Å². The number of carboxylic acid groups (broad SMARTS) is 1. The summed E-state index contributed by atoms with van der Waals surface area (Å²) in [7, 11) is -0.910. The number of aliphatic carboxylic acids is 1. The van der Waals surface area contributed by atoms with E-state index in [1.165, 1.54) is 0 Å². The summed E-state index contributed by atoms with van der Waals surface area (Å²) in [5, 5.41) is 10.5. The highest BCUT2D eigenvalue weighted by atomic mass is 32.2. The minimum absolute atomic E-state index is 0.257. The van der Waals surface area contributed by atoms with E-state index >= 15 is 0 Å². The predicted octanol–water partition coefficient (Wildman–Crippen LogP) is -0.656. The summed E-state index contributed by atoms with van der Waals surface area (Å²) in [5.74, 6) is -2.06. The maximum Gasteiger partial charge on any atom is 0.394 e. The van der Waals surface area contributed by atoms with E-state index in [1.54, 1.807) is 13.2 Å². The van der Waals surface area contributed by atoms with Gasteiger partial charge in [0.2, 0.25) is 0 Å². The van der Waals surface area contributed by atoms with Crippen LogP contribution in [0.5, 0.6) is 0 Å². The van der Waals surface area contributed by atoms with Crippen molar-refractivity contribution in [2.24, 2.45) is 0 Å². The molecule has 2 N–H and O–H groups in total. The Morgan fingerprint density at radius 2 is 2.08 bits per heavy atom. The van der Waals surface area contributed by atoms with Gasteiger partial charge in [0.05, 0.1) is 0 Å². The van der Waals surface area contributed by atoms with Crippen molar-refractivity contribution in [2.45, 2.75) is 19.4 Å². The van der Waals surface area contributed by atoms with Crippen LogP contribution in [0.4, 0.5) is 0 Å². The van der Waals surface area contributed by atoms with Gasteiger partial charge < -0.3 is 10.4 Å². The molecule has 6 heteroatoms. The fraction of sp³-hybridized carbons (Fsp3) is 0.714. The summed E-state index contributed by atoms with van der Waals surface area (Å²) >= 11 is 0. The lowest BCUT2D eigenvalue weighted by molar-refractivity contribution is -0.150. The number of hydrogen-bond acceptors (Lipinski definition) is 3. The first-order chi connectivity index (χ1) is 5.93. The Hall–Kier alpha value is -0.910. The molecule has 0 fully saturated rings. The van der Waals surface area contributed by atoms with Gasteiger partial charge in [-0.05, 0) is 13.3 Å². The quantitative estimate of drug-likeness (QED) is 0.600. The van der Waals surface area contributed by atoms with Gasteiger partial charge in [0.1, 0.15) is 0 Å². The molecule has 5 nitrogen and oxygen atoms in total. The van der Waals surface area contributed by atoms with Crippen LogP contribution in [0.1, 0.15) is 13.3 Å². The number of amides is 1. The lowest BCUT2D eigenvalue weighted by atomic mass is 10.2. The van der Waals surface area contributed by atoms with E-state index in [-0.39, 0.29) is 6.04 Å². The molecule has 13 heavy (non-hydrogen) atoms. The maximum atomic E-state index is 10.6. The average Bonchev–Trinajstić information content (AvgIpc) is 2.00. The summed E-state index contributed by atoms with van der Waals surface area (Å²) in [6.07, 6.45) is 2.08. The smallest absolute Gasteiger partial charge is 0.394 e. The standard InChI is InChI=1S/C7H13NO4S/c1-5(3-4-13(2)12)8-6(9)7(10)11/h5H,3-4H2,1-2H3,(H,8,9)(H,10,11). The zero-order valence-electron chi connectivity index (χ0n) is 7.57. The Kier molecular flexibility index (Phi) is 5.29. The molecule has 0 aromatic carbocycles. The lowest BCUT2D eigenvalue weighted by Gasteiger charge is -2.10. The van der Waals surface area contributed by atoms with E-state index in [2.05, 4.69) is 5.32 Å². The van der Waals surface area contributed by atoms with Gasteiger partial charge in [0.25, 0.3) is 0 Å². The first kappa shape index (κ1) is 12.1. The fourth-order valence-electron chi connectivity index (χ4n) is 0.700. The van der Waals surface area contributed by atoms with Gasteiger partial charge in [-0.15, -0.1) is 0 Å². The second-order valence-corrected chi connectivity index (χ2v) is 4.30. The molecule has 0 aromatic heterocycles. The highest BCUT2D eigenvalue weighted by Crippen LogP contribution is 1.92. The zero-order valence-corrected chi connectivity index (χ0v) is 8.39.